The fourth-order valence-corrected chi connectivity index (χ4v) is 3.32. The van der Waals surface area contributed by atoms with E-state index in [0.29, 0.717) is 25.3 Å². The van der Waals surface area contributed by atoms with E-state index in [1.54, 1.807) is 12.5 Å². The van der Waals surface area contributed by atoms with Gasteiger partial charge in [0.2, 0.25) is 5.91 Å². The minimum absolute atomic E-state index is 0.172. The first-order chi connectivity index (χ1) is 12.6. The van der Waals surface area contributed by atoms with Crippen LogP contribution in [-0.4, -0.2) is 51.1 Å². The lowest BCUT2D eigenvalue weighted by Crippen LogP contribution is -2.32. The van der Waals surface area contributed by atoms with E-state index in [0.717, 1.165) is 22.0 Å². The van der Waals surface area contributed by atoms with Gasteiger partial charge in [-0.1, -0.05) is 12.1 Å². The second-order valence-corrected chi connectivity index (χ2v) is 6.69. The first kappa shape index (κ1) is 16.7. The van der Waals surface area contributed by atoms with E-state index < -0.39 is 6.17 Å². The Kier molecular flexibility index (Phi) is 4.38. The molecule has 2 aromatic heterocycles. The third kappa shape index (κ3) is 3.43. The van der Waals surface area contributed by atoms with Gasteiger partial charge in [0.05, 0.1) is 24.8 Å². The van der Waals surface area contributed by atoms with E-state index in [-0.39, 0.29) is 12.5 Å². The number of likely N-dealkylation sites (tertiary alicyclic amines) is 1. The molecule has 3 aromatic rings. The van der Waals surface area contributed by atoms with Crippen molar-refractivity contribution in [2.24, 2.45) is 7.05 Å². The summed E-state index contributed by atoms with van der Waals surface area (Å²) in [6.07, 6.45) is 4.99. The number of rotatable bonds is 4. The molecule has 26 heavy (non-hydrogen) atoms. The van der Waals surface area contributed by atoms with Crippen molar-refractivity contribution in [2.75, 3.05) is 25.0 Å². The van der Waals surface area contributed by atoms with E-state index in [1.807, 2.05) is 40.9 Å². The molecule has 0 radical (unpaired) electrons. The molecule has 7 heteroatoms. The van der Waals surface area contributed by atoms with E-state index in [9.17, 15) is 9.18 Å². The van der Waals surface area contributed by atoms with Crippen LogP contribution < -0.4 is 5.32 Å². The number of imidazole rings is 1. The molecule has 1 atom stereocenters. The summed E-state index contributed by atoms with van der Waals surface area (Å²) in [5.74, 6) is 0.328. The minimum atomic E-state index is -0.827. The van der Waals surface area contributed by atoms with Crippen molar-refractivity contribution in [1.29, 1.82) is 0 Å². The molecule has 0 saturated carbocycles. The Bertz CT molecular complexity index is 954. The van der Waals surface area contributed by atoms with Crippen LogP contribution in [0, 0.1) is 0 Å². The molecule has 134 valence electrons. The zero-order valence-corrected chi connectivity index (χ0v) is 14.5. The van der Waals surface area contributed by atoms with Gasteiger partial charge in [-0.25, -0.2) is 14.4 Å². The highest BCUT2D eigenvalue weighted by molar-refractivity contribution is 5.94. The Morgan fingerprint density at radius 1 is 1.31 bits per heavy atom. The monoisotopic (exact) mass is 353 g/mol. The summed E-state index contributed by atoms with van der Waals surface area (Å²) < 4.78 is 15.2. The van der Waals surface area contributed by atoms with Crippen LogP contribution in [0.15, 0.2) is 43.0 Å². The number of aryl methyl sites for hydroxylation is 1. The average Bonchev–Trinajstić information content (AvgIpc) is 3.22. The van der Waals surface area contributed by atoms with Crippen molar-refractivity contribution in [3.8, 4) is 11.3 Å². The highest BCUT2D eigenvalue weighted by atomic mass is 19.1. The van der Waals surface area contributed by atoms with Gasteiger partial charge >= 0.3 is 0 Å². The fourth-order valence-electron chi connectivity index (χ4n) is 3.32. The molecule has 0 bridgehead atoms. The summed E-state index contributed by atoms with van der Waals surface area (Å²) in [4.78, 5) is 22.5. The normalized spacial score (nSPS) is 17.7. The number of carbonyl (C=O) groups excluding carboxylic acids is 1. The minimum Gasteiger partial charge on any atom is -0.334 e. The van der Waals surface area contributed by atoms with Gasteiger partial charge < -0.3 is 9.88 Å². The molecule has 1 N–H and O–H groups in total. The van der Waals surface area contributed by atoms with Gasteiger partial charge in [-0.15, -0.1) is 0 Å². The smallest absolute Gasteiger partial charge is 0.239 e. The molecular formula is C19H20FN5O. The Morgan fingerprint density at radius 3 is 2.92 bits per heavy atom. The van der Waals surface area contributed by atoms with Crippen LogP contribution in [-0.2, 0) is 11.8 Å². The number of fused-ring (bicyclic) bond motifs is 1. The zero-order chi connectivity index (χ0) is 18.1. The highest BCUT2D eigenvalue weighted by Crippen LogP contribution is 2.25. The largest absolute Gasteiger partial charge is 0.334 e. The number of amides is 1. The van der Waals surface area contributed by atoms with E-state index >= 15 is 0 Å². The Labute approximate surface area is 150 Å². The van der Waals surface area contributed by atoms with Crippen LogP contribution in [0.3, 0.4) is 0 Å². The summed E-state index contributed by atoms with van der Waals surface area (Å²) in [6.45, 7) is 1.13. The molecule has 1 saturated heterocycles. The van der Waals surface area contributed by atoms with Crippen molar-refractivity contribution in [3.63, 3.8) is 0 Å². The predicted octanol–water partition coefficient (Wildman–Crippen LogP) is 2.62. The van der Waals surface area contributed by atoms with Crippen LogP contribution in [0.4, 0.5) is 10.2 Å². The number of aromatic nitrogens is 3. The average molecular weight is 353 g/mol. The number of anilines is 1. The topological polar surface area (TPSA) is 63.1 Å². The van der Waals surface area contributed by atoms with E-state index in [4.69, 9.17) is 0 Å². The zero-order valence-electron chi connectivity index (χ0n) is 14.5. The number of benzene rings is 1. The maximum Gasteiger partial charge on any atom is 0.239 e. The highest BCUT2D eigenvalue weighted by Gasteiger charge is 2.23. The van der Waals surface area contributed by atoms with Crippen LogP contribution in [0.1, 0.15) is 6.42 Å². The first-order valence-corrected chi connectivity index (χ1v) is 8.61. The number of nitrogens with one attached hydrogen (secondary N) is 1. The number of hydrogen-bond acceptors (Lipinski definition) is 4. The lowest BCUT2D eigenvalue weighted by molar-refractivity contribution is -0.117. The van der Waals surface area contributed by atoms with Crippen molar-refractivity contribution >= 4 is 22.5 Å². The molecular weight excluding hydrogens is 333 g/mol. The summed E-state index contributed by atoms with van der Waals surface area (Å²) in [6, 6.07) is 7.94. The number of halogens is 1. The van der Waals surface area contributed by atoms with Gasteiger partial charge in [0.25, 0.3) is 0 Å². The van der Waals surface area contributed by atoms with Crippen molar-refractivity contribution in [2.45, 2.75) is 12.6 Å². The van der Waals surface area contributed by atoms with E-state index in [1.165, 1.54) is 0 Å². The third-order valence-electron chi connectivity index (χ3n) is 4.68. The second-order valence-electron chi connectivity index (χ2n) is 6.69. The van der Waals surface area contributed by atoms with Gasteiger partial charge in [-0.2, -0.15) is 0 Å². The van der Waals surface area contributed by atoms with Gasteiger partial charge in [0.1, 0.15) is 12.0 Å². The SMILES string of the molecule is Cn1cncc1-c1ccc2cnc(NC(=O)CN3CC[C@H](F)C3)cc2c1. The number of hydrogen-bond donors (Lipinski definition) is 1. The van der Waals surface area contributed by atoms with Crippen molar-refractivity contribution < 1.29 is 9.18 Å². The number of pyridine rings is 1. The molecule has 3 heterocycles. The standard InChI is InChI=1S/C19H20FN5O/c1-24-12-21-9-17(24)13-2-3-14-8-22-18(7-15(14)6-13)23-19(26)11-25-5-4-16(20)10-25/h2-3,6-9,12,16H,4-5,10-11H2,1H3,(H,22,23,26)/t16-/m0/s1. The molecule has 4 rings (SSSR count). The van der Waals surface area contributed by atoms with Crippen LogP contribution in [0.5, 0.6) is 0 Å². The van der Waals surface area contributed by atoms with E-state index in [2.05, 4.69) is 21.4 Å². The molecule has 1 aliphatic rings. The summed E-state index contributed by atoms with van der Waals surface area (Å²) in [7, 11) is 1.95. The first-order valence-electron chi connectivity index (χ1n) is 8.61. The summed E-state index contributed by atoms with van der Waals surface area (Å²) in [5.41, 5.74) is 2.07. The van der Waals surface area contributed by atoms with Crippen molar-refractivity contribution in [3.05, 3.63) is 43.0 Å². The second kappa shape index (κ2) is 6.84. The maximum absolute atomic E-state index is 13.2. The third-order valence-corrected chi connectivity index (χ3v) is 4.68. The number of alkyl halides is 1. The van der Waals surface area contributed by atoms with Gasteiger partial charge in [0.15, 0.2) is 0 Å². The molecule has 0 aliphatic carbocycles. The molecule has 1 aliphatic heterocycles. The Morgan fingerprint density at radius 2 is 2.19 bits per heavy atom. The lowest BCUT2D eigenvalue weighted by atomic mass is 10.1. The van der Waals surface area contributed by atoms with Crippen molar-refractivity contribution in [1.82, 2.24) is 19.4 Å². The number of carbonyl (C=O) groups is 1. The van der Waals surface area contributed by atoms with Crippen LogP contribution in [0.2, 0.25) is 0 Å². The Hall–Kier alpha value is -2.80. The van der Waals surface area contributed by atoms with Gasteiger partial charge in [0, 0.05) is 37.3 Å². The number of nitrogens with zero attached hydrogens (tertiary/aromatic N) is 4. The molecule has 0 unspecified atom stereocenters. The summed E-state index contributed by atoms with van der Waals surface area (Å²) >= 11 is 0. The quantitative estimate of drug-likeness (QED) is 0.783. The van der Waals surface area contributed by atoms with Gasteiger partial charge in [-0.3, -0.25) is 9.69 Å². The molecule has 6 nitrogen and oxygen atoms in total. The molecule has 1 aromatic carbocycles. The van der Waals surface area contributed by atoms with Crippen LogP contribution >= 0.6 is 0 Å². The fraction of sp³-hybridized carbons (Fsp3) is 0.316. The van der Waals surface area contributed by atoms with Crippen LogP contribution in [0.25, 0.3) is 22.0 Å². The molecule has 1 fully saturated rings. The molecule has 0 spiro atoms. The Balaban J connectivity index is 1.52. The molecule has 1 amide bonds. The maximum atomic E-state index is 13.2. The lowest BCUT2D eigenvalue weighted by Gasteiger charge is -2.14. The van der Waals surface area contributed by atoms with Gasteiger partial charge in [-0.05, 0) is 23.9 Å². The summed E-state index contributed by atoms with van der Waals surface area (Å²) in [5, 5.41) is 4.79. The predicted molar refractivity (Wildman–Crippen MR) is 98.5 cm³/mol.